The quantitative estimate of drug-likeness (QED) is 0.720. The fraction of sp³-hybridized carbons (Fsp3) is 0.500. The summed E-state index contributed by atoms with van der Waals surface area (Å²) in [5.74, 6) is -0.346. The minimum Gasteiger partial charge on any atom is -0.468 e. The van der Waals surface area contributed by atoms with Gasteiger partial charge in [0.25, 0.3) is 0 Å². The number of aryl methyl sites for hydroxylation is 1. The van der Waals surface area contributed by atoms with Gasteiger partial charge >= 0.3 is 5.97 Å². The molecule has 0 bridgehead atoms. The first-order valence-electron chi connectivity index (χ1n) is 7.18. The number of carbonyl (C=O) groups excluding carboxylic acids is 2. The Bertz CT molecular complexity index is 488. The van der Waals surface area contributed by atoms with E-state index >= 15 is 0 Å². The fourth-order valence-corrected chi connectivity index (χ4v) is 2.15. The monoisotopic (exact) mass is 292 g/mol. The van der Waals surface area contributed by atoms with Gasteiger partial charge in [0.2, 0.25) is 5.91 Å². The number of esters is 1. The van der Waals surface area contributed by atoms with Gasteiger partial charge in [-0.2, -0.15) is 0 Å². The summed E-state index contributed by atoms with van der Waals surface area (Å²) >= 11 is 0. The Morgan fingerprint density at radius 3 is 2.29 bits per heavy atom. The number of ether oxygens (including phenoxy) is 1. The summed E-state index contributed by atoms with van der Waals surface area (Å²) in [6.07, 6.45) is 0. The Hall–Kier alpha value is -1.88. The summed E-state index contributed by atoms with van der Waals surface area (Å²) in [5, 5.41) is 0. The summed E-state index contributed by atoms with van der Waals surface area (Å²) < 4.78 is 4.65. The molecule has 0 radical (unpaired) electrons. The molecule has 0 aliphatic rings. The number of likely N-dealkylation sites (N-methyl/N-ethyl adjacent to an activating group) is 2. The smallest absolute Gasteiger partial charge is 0.319 e. The lowest BCUT2D eigenvalue weighted by Gasteiger charge is -2.26. The zero-order valence-electron chi connectivity index (χ0n) is 13.3. The van der Waals surface area contributed by atoms with Crippen molar-refractivity contribution in [2.24, 2.45) is 0 Å². The molecular weight excluding hydrogens is 268 g/mol. The third kappa shape index (κ3) is 4.86. The zero-order chi connectivity index (χ0) is 15.8. The number of amides is 1. The highest BCUT2D eigenvalue weighted by molar-refractivity contribution is 5.95. The maximum absolute atomic E-state index is 12.5. The lowest BCUT2D eigenvalue weighted by molar-refractivity contribution is -0.142. The normalized spacial score (nSPS) is 10.5. The van der Waals surface area contributed by atoms with Gasteiger partial charge in [-0.25, -0.2) is 0 Å². The highest BCUT2D eigenvalue weighted by atomic mass is 16.5. The third-order valence-corrected chi connectivity index (χ3v) is 3.41. The van der Waals surface area contributed by atoms with Crippen molar-refractivity contribution in [1.82, 2.24) is 4.90 Å². The highest BCUT2D eigenvalue weighted by Gasteiger charge is 2.19. The molecule has 1 aromatic carbocycles. The molecule has 0 unspecified atom stereocenters. The van der Waals surface area contributed by atoms with Crippen LogP contribution < -0.4 is 4.90 Å². The van der Waals surface area contributed by atoms with Gasteiger partial charge in [0.15, 0.2) is 0 Å². The van der Waals surface area contributed by atoms with Gasteiger partial charge in [0.1, 0.15) is 0 Å². The minimum absolute atomic E-state index is 0.0162. The summed E-state index contributed by atoms with van der Waals surface area (Å²) in [6, 6.07) is 7.79. The van der Waals surface area contributed by atoms with Crippen LogP contribution in [0.25, 0.3) is 0 Å². The van der Waals surface area contributed by atoms with E-state index in [4.69, 9.17) is 0 Å². The van der Waals surface area contributed by atoms with Crippen LogP contribution in [0.1, 0.15) is 19.4 Å². The largest absolute Gasteiger partial charge is 0.468 e. The maximum Gasteiger partial charge on any atom is 0.319 e. The molecule has 0 aromatic heterocycles. The second kappa shape index (κ2) is 8.42. The van der Waals surface area contributed by atoms with E-state index in [9.17, 15) is 9.59 Å². The number of nitrogens with zero attached hydrogens (tertiary/aromatic N) is 2. The van der Waals surface area contributed by atoms with Gasteiger partial charge in [-0.15, -0.1) is 0 Å². The van der Waals surface area contributed by atoms with Crippen LogP contribution >= 0.6 is 0 Å². The molecule has 116 valence electrons. The molecule has 1 rings (SSSR count). The second-order valence-electron chi connectivity index (χ2n) is 4.80. The molecule has 5 nitrogen and oxygen atoms in total. The molecule has 0 saturated carbocycles. The van der Waals surface area contributed by atoms with Crippen LogP contribution in [0.5, 0.6) is 0 Å². The van der Waals surface area contributed by atoms with Crippen LogP contribution in [0.3, 0.4) is 0 Å². The first kappa shape index (κ1) is 17.2. The topological polar surface area (TPSA) is 49.9 Å². The molecule has 21 heavy (non-hydrogen) atoms. The van der Waals surface area contributed by atoms with Crippen LogP contribution in [-0.4, -0.2) is 50.1 Å². The number of rotatable bonds is 7. The average molecular weight is 292 g/mol. The van der Waals surface area contributed by atoms with Gasteiger partial charge < -0.3 is 9.64 Å². The van der Waals surface area contributed by atoms with Crippen LogP contribution in [-0.2, 0) is 14.3 Å². The lowest BCUT2D eigenvalue weighted by atomic mass is 10.2. The van der Waals surface area contributed by atoms with Gasteiger partial charge in [0, 0.05) is 12.2 Å². The Morgan fingerprint density at radius 1 is 1.10 bits per heavy atom. The molecule has 0 aliphatic heterocycles. The predicted octanol–water partition coefficient (Wildman–Crippen LogP) is 1.84. The second-order valence-corrected chi connectivity index (χ2v) is 4.80. The molecule has 1 amide bonds. The number of hydrogen-bond acceptors (Lipinski definition) is 4. The van der Waals surface area contributed by atoms with Crippen molar-refractivity contribution < 1.29 is 14.3 Å². The molecule has 0 heterocycles. The van der Waals surface area contributed by atoms with E-state index in [-0.39, 0.29) is 25.0 Å². The fourth-order valence-electron chi connectivity index (χ4n) is 2.15. The SMILES string of the molecule is CCN(CC(=O)OC)CC(=O)N(CC)c1ccccc1C. The maximum atomic E-state index is 12.5. The average Bonchev–Trinajstić information content (AvgIpc) is 2.49. The molecule has 0 spiro atoms. The molecule has 5 heteroatoms. The van der Waals surface area contributed by atoms with E-state index in [1.165, 1.54) is 7.11 Å². The summed E-state index contributed by atoms with van der Waals surface area (Å²) in [5.41, 5.74) is 1.97. The van der Waals surface area contributed by atoms with E-state index in [1.807, 2.05) is 45.0 Å². The molecule has 1 aromatic rings. The molecule has 0 fully saturated rings. The zero-order valence-corrected chi connectivity index (χ0v) is 13.3. The van der Waals surface area contributed by atoms with E-state index in [2.05, 4.69) is 4.74 Å². The lowest BCUT2D eigenvalue weighted by Crippen LogP contribution is -2.42. The number of carbonyl (C=O) groups is 2. The summed E-state index contributed by atoms with van der Waals surface area (Å²) in [7, 11) is 1.35. The third-order valence-electron chi connectivity index (χ3n) is 3.41. The summed E-state index contributed by atoms with van der Waals surface area (Å²) in [4.78, 5) is 27.4. The Kier molecular flexibility index (Phi) is 6.88. The first-order valence-corrected chi connectivity index (χ1v) is 7.18. The van der Waals surface area contributed by atoms with Gasteiger partial charge in [-0.1, -0.05) is 25.1 Å². The Labute approximate surface area is 126 Å². The van der Waals surface area contributed by atoms with E-state index < -0.39 is 0 Å². The van der Waals surface area contributed by atoms with Crippen molar-refractivity contribution in [3.8, 4) is 0 Å². The van der Waals surface area contributed by atoms with Crippen LogP contribution in [0, 0.1) is 6.92 Å². The summed E-state index contributed by atoms with van der Waals surface area (Å²) in [6.45, 7) is 7.39. The number of hydrogen-bond donors (Lipinski definition) is 0. The van der Waals surface area contributed by atoms with Gasteiger partial charge in [-0.3, -0.25) is 14.5 Å². The molecule has 0 aliphatic carbocycles. The number of methoxy groups -OCH3 is 1. The predicted molar refractivity (Wildman–Crippen MR) is 83.3 cm³/mol. The molecular formula is C16H24N2O3. The van der Waals surface area contributed by atoms with Crippen molar-refractivity contribution in [2.75, 3.05) is 38.2 Å². The van der Waals surface area contributed by atoms with Crippen molar-refractivity contribution in [2.45, 2.75) is 20.8 Å². The van der Waals surface area contributed by atoms with Crippen molar-refractivity contribution in [1.29, 1.82) is 0 Å². The standard InChI is InChI=1S/C16H24N2O3/c1-5-17(12-16(20)21-4)11-15(19)18(6-2)14-10-8-7-9-13(14)3/h7-10H,5-6,11-12H2,1-4H3. The number of para-hydroxylation sites is 1. The van der Waals surface area contributed by atoms with Crippen molar-refractivity contribution in [3.05, 3.63) is 29.8 Å². The molecule has 0 N–H and O–H groups in total. The van der Waals surface area contributed by atoms with Crippen molar-refractivity contribution in [3.63, 3.8) is 0 Å². The molecule has 0 saturated heterocycles. The highest BCUT2D eigenvalue weighted by Crippen LogP contribution is 2.19. The molecule has 0 atom stereocenters. The van der Waals surface area contributed by atoms with Gasteiger partial charge in [0.05, 0.1) is 20.2 Å². The van der Waals surface area contributed by atoms with Crippen molar-refractivity contribution >= 4 is 17.6 Å². The number of benzene rings is 1. The van der Waals surface area contributed by atoms with E-state index in [0.717, 1.165) is 11.3 Å². The Morgan fingerprint density at radius 2 is 1.76 bits per heavy atom. The van der Waals surface area contributed by atoms with Crippen LogP contribution in [0.4, 0.5) is 5.69 Å². The minimum atomic E-state index is -0.330. The Balaban J connectivity index is 2.79. The van der Waals surface area contributed by atoms with E-state index in [1.54, 1.807) is 9.80 Å². The van der Waals surface area contributed by atoms with Crippen LogP contribution in [0.2, 0.25) is 0 Å². The number of anilines is 1. The first-order chi connectivity index (χ1) is 10.0. The van der Waals surface area contributed by atoms with Crippen LogP contribution in [0.15, 0.2) is 24.3 Å². The van der Waals surface area contributed by atoms with Gasteiger partial charge in [-0.05, 0) is 32.0 Å². The van der Waals surface area contributed by atoms with E-state index in [0.29, 0.717) is 13.1 Å².